The summed E-state index contributed by atoms with van der Waals surface area (Å²) in [6.07, 6.45) is 0. The maximum Gasteiger partial charge on any atom is 0.277 e. The van der Waals surface area contributed by atoms with Crippen LogP contribution in [-0.2, 0) is 4.79 Å². The second kappa shape index (κ2) is 7.72. The van der Waals surface area contributed by atoms with Crippen LogP contribution in [0.2, 0.25) is 5.02 Å². The van der Waals surface area contributed by atoms with Gasteiger partial charge in [0, 0.05) is 16.3 Å². The molecule has 0 spiro atoms. The molecule has 1 aromatic heterocycles. The Hall–Kier alpha value is -2.31. The van der Waals surface area contributed by atoms with Gasteiger partial charge in [0.15, 0.2) is 0 Å². The topological polar surface area (TPSA) is 68.0 Å². The first-order valence-corrected chi connectivity index (χ1v) is 8.91. The molecule has 5 nitrogen and oxygen atoms in total. The molecule has 0 saturated heterocycles. The van der Waals surface area contributed by atoms with Gasteiger partial charge in [-0.3, -0.25) is 4.79 Å². The number of amides is 1. The van der Waals surface area contributed by atoms with Gasteiger partial charge in [0.05, 0.1) is 5.25 Å². The highest BCUT2D eigenvalue weighted by molar-refractivity contribution is 8.00. The van der Waals surface area contributed by atoms with Crippen molar-refractivity contribution in [2.75, 3.05) is 5.32 Å². The molecule has 1 atom stereocenters. The highest BCUT2D eigenvalue weighted by atomic mass is 35.5. The van der Waals surface area contributed by atoms with Crippen molar-refractivity contribution in [2.24, 2.45) is 0 Å². The van der Waals surface area contributed by atoms with Gasteiger partial charge in [-0.1, -0.05) is 47.6 Å². The summed E-state index contributed by atoms with van der Waals surface area (Å²) < 4.78 is 5.62. The summed E-state index contributed by atoms with van der Waals surface area (Å²) in [7, 11) is 0. The predicted octanol–water partition coefficient (Wildman–Crippen LogP) is 4.82. The minimum absolute atomic E-state index is 0.158. The van der Waals surface area contributed by atoms with Gasteiger partial charge < -0.3 is 9.73 Å². The number of aromatic nitrogens is 2. The van der Waals surface area contributed by atoms with E-state index in [2.05, 4.69) is 15.5 Å². The van der Waals surface area contributed by atoms with Crippen LogP contribution >= 0.6 is 23.4 Å². The molecule has 128 valence electrons. The molecule has 0 radical (unpaired) electrons. The molecular weight excluding hydrogens is 358 g/mol. The van der Waals surface area contributed by atoms with Crippen LogP contribution < -0.4 is 5.32 Å². The third kappa shape index (κ3) is 4.41. The number of benzene rings is 2. The van der Waals surface area contributed by atoms with Crippen LogP contribution in [-0.4, -0.2) is 21.4 Å². The second-order valence-electron chi connectivity index (χ2n) is 5.45. The fraction of sp³-hybridized carbons (Fsp3) is 0.167. The Morgan fingerprint density at radius 2 is 1.96 bits per heavy atom. The normalized spacial score (nSPS) is 12.0. The molecule has 0 fully saturated rings. The first kappa shape index (κ1) is 17.5. The number of hydrogen-bond acceptors (Lipinski definition) is 5. The maximum atomic E-state index is 12.4. The van der Waals surface area contributed by atoms with Crippen LogP contribution in [0.4, 0.5) is 5.69 Å². The van der Waals surface area contributed by atoms with E-state index < -0.39 is 5.25 Å². The van der Waals surface area contributed by atoms with Crippen LogP contribution in [0, 0.1) is 6.92 Å². The van der Waals surface area contributed by atoms with Crippen molar-refractivity contribution < 1.29 is 9.21 Å². The number of nitrogens with zero attached hydrogens (tertiary/aromatic N) is 2. The Morgan fingerprint density at radius 3 is 2.72 bits per heavy atom. The average molecular weight is 374 g/mol. The number of hydrogen-bond donors (Lipinski definition) is 1. The highest BCUT2D eigenvalue weighted by Gasteiger charge is 2.19. The summed E-state index contributed by atoms with van der Waals surface area (Å²) in [6, 6.07) is 14.9. The minimum atomic E-state index is -0.401. The van der Waals surface area contributed by atoms with E-state index in [1.165, 1.54) is 11.8 Å². The molecule has 0 bridgehead atoms. The average Bonchev–Trinajstić information content (AvgIpc) is 3.07. The third-order valence-corrected chi connectivity index (χ3v) is 4.70. The molecular formula is C18H16ClN3O2S. The number of rotatable bonds is 5. The number of carbonyl (C=O) groups excluding carboxylic acids is 1. The number of nitrogens with one attached hydrogen (secondary N) is 1. The zero-order valence-corrected chi connectivity index (χ0v) is 15.3. The molecule has 1 N–H and O–H groups in total. The lowest BCUT2D eigenvalue weighted by molar-refractivity contribution is -0.115. The van der Waals surface area contributed by atoms with Crippen molar-refractivity contribution in [3.8, 4) is 11.5 Å². The van der Waals surface area contributed by atoms with Crippen LogP contribution in [0.25, 0.3) is 11.5 Å². The van der Waals surface area contributed by atoms with Crippen molar-refractivity contribution in [3.05, 3.63) is 59.1 Å². The number of carbonyl (C=O) groups is 1. The Labute approximate surface area is 154 Å². The Balaban J connectivity index is 1.66. The lowest BCUT2D eigenvalue weighted by atomic mass is 10.2. The Kier molecular flexibility index (Phi) is 5.40. The summed E-state index contributed by atoms with van der Waals surface area (Å²) >= 11 is 7.19. The molecule has 25 heavy (non-hydrogen) atoms. The van der Waals surface area contributed by atoms with E-state index in [-0.39, 0.29) is 5.91 Å². The summed E-state index contributed by atoms with van der Waals surface area (Å²) in [5.41, 5.74) is 2.48. The number of anilines is 1. The van der Waals surface area contributed by atoms with Crippen LogP contribution in [0.3, 0.4) is 0 Å². The molecule has 1 amide bonds. The molecule has 0 unspecified atom stereocenters. The lowest BCUT2D eigenvalue weighted by Gasteiger charge is -2.12. The van der Waals surface area contributed by atoms with Gasteiger partial charge >= 0.3 is 0 Å². The highest BCUT2D eigenvalue weighted by Crippen LogP contribution is 2.27. The van der Waals surface area contributed by atoms with E-state index in [4.69, 9.17) is 16.0 Å². The van der Waals surface area contributed by atoms with Gasteiger partial charge in [-0.25, -0.2) is 0 Å². The quantitative estimate of drug-likeness (QED) is 0.649. The van der Waals surface area contributed by atoms with E-state index in [1.807, 2.05) is 43.3 Å². The van der Waals surface area contributed by atoms with Gasteiger partial charge in [0.2, 0.25) is 11.8 Å². The Morgan fingerprint density at radius 1 is 1.20 bits per heavy atom. The monoisotopic (exact) mass is 373 g/mol. The lowest BCUT2D eigenvalue weighted by Crippen LogP contribution is -2.22. The van der Waals surface area contributed by atoms with Crippen LogP contribution in [0.5, 0.6) is 0 Å². The van der Waals surface area contributed by atoms with Crippen molar-refractivity contribution in [1.29, 1.82) is 0 Å². The predicted molar refractivity (Wildman–Crippen MR) is 99.9 cm³/mol. The first-order chi connectivity index (χ1) is 12.0. The molecule has 1 heterocycles. The molecule has 7 heteroatoms. The van der Waals surface area contributed by atoms with E-state index in [9.17, 15) is 4.79 Å². The van der Waals surface area contributed by atoms with Crippen molar-refractivity contribution >= 4 is 35.0 Å². The molecule has 0 saturated carbocycles. The van der Waals surface area contributed by atoms with Crippen LogP contribution in [0.15, 0.2) is 58.2 Å². The molecule has 0 aliphatic carbocycles. The van der Waals surface area contributed by atoms with Gasteiger partial charge in [0.25, 0.3) is 5.22 Å². The van der Waals surface area contributed by atoms with Gasteiger partial charge in [-0.2, -0.15) is 0 Å². The molecule has 3 rings (SSSR count). The van der Waals surface area contributed by atoms with Crippen molar-refractivity contribution in [1.82, 2.24) is 10.2 Å². The fourth-order valence-corrected chi connectivity index (χ4v) is 2.98. The largest absolute Gasteiger partial charge is 0.411 e. The SMILES string of the molecule is Cc1ccc(Cl)cc1NC(=O)[C@H](C)Sc1nnc(-c2ccccc2)o1. The summed E-state index contributed by atoms with van der Waals surface area (Å²) in [6.45, 7) is 3.69. The zero-order chi connectivity index (χ0) is 17.8. The van der Waals surface area contributed by atoms with E-state index in [0.717, 1.165) is 11.1 Å². The first-order valence-electron chi connectivity index (χ1n) is 7.65. The third-order valence-electron chi connectivity index (χ3n) is 3.53. The number of thioether (sulfide) groups is 1. The zero-order valence-electron chi connectivity index (χ0n) is 13.7. The summed E-state index contributed by atoms with van der Waals surface area (Å²) in [5, 5.41) is 11.4. The Bertz CT molecular complexity index is 883. The maximum absolute atomic E-state index is 12.4. The number of aryl methyl sites for hydroxylation is 1. The minimum Gasteiger partial charge on any atom is -0.411 e. The second-order valence-corrected chi connectivity index (χ2v) is 7.18. The van der Waals surface area contributed by atoms with Crippen LogP contribution in [0.1, 0.15) is 12.5 Å². The summed E-state index contributed by atoms with van der Waals surface area (Å²) in [4.78, 5) is 12.4. The van der Waals surface area contributed by atoms with E-state index >= 15 is 0 Å². The molecule has 0 aliphatic heterocycles. The van der Waals surface area contributed by atoms with Gasteiger partial charge in [0.1, 0.15) is 0 Å². The molecule has 3 aromatic rings. The van der Waals surface area contributed by atoms with Gasteiger partial charge in [-0.05, 0) is 43.7 Å². The van der Waals surface area contributed by atoms with E-state index in [1.54, 1.807) is 19.1 Å². The molecule has 2 aromatic carbocycles. The van der Waals surface area contributed by atoms with Gasteiger partial charge in [-0.15, -0.1) is 10.2 Å². The summed E-state index contributed by atoms with van der Waals surface area (Å²) in [5.74, 6) is 0.274. The molecule has 0 aliphatic rings. The van der Waals surface area contributed by atoms with E-state index in [0.29, 0.717) is 21.8 Å². The number of halogens is 1. The fourth-order valence-electron chi connectivity index (χ4n) is 2.12. The van der Waals surface area contributed by atoms with Crippen molar-refractivity contribution in [2.45, 2.75) is 24.3 Å². The van der Waals surface area contributed by atoms with Crippen molar-refractivity contribution in [3.63, 3.8) is 0 Å². The smallest absolute Gasteiger partial charge is 0.277 e. The standard InChI is InChI=1S/C18H16ClN3O2S/c1-11-8-9-14(19)10-15(11)20-16(23)12(2)25-18-22-21-17(24-18)13-6-4-3-5-7-13/h3-10,12H,1-2H3,(H,20,23)/t12-/m0/s1.